The monoisotopic (exact) mass is 233 g/mol. The van der Waals surface area contributed by atoms with Gasteiger partial charge in [-0.05, 0) is 25.3 Å². The smallest absolute Gasteiger partial charge is 0.124 e. The van der Waals surface area contributed by atoms with Gasteiger partial charge in [-0.15, -0.1) is 11.8 Å². The van der Waals surface area contributed by atoms with E-state index in [0.29, 0.717) is 0 Å². The van der Waals surface area contributed by atoms with Crippen molar-refractivity contribution < 1.29 is 0 Å². The Bertz CT molecular complexity index is 500. The first-order chi connectivity index (χ1) is 7.63. The van der Waals surface area contributed by atoms with Crippen LogP contribution in [0.25, 0.3) is 11.3 Å². The fraction of sp³-hybridized carbons (Fsp3) is 0.250. The van der Waals surface area contributed by atoms with Crippen molar-refractivity contribution in [1.29, 1.82) is 0 Å². The summed E-state index contributed by atoms with van der Waals surface area (Å²) in [5.74, 6) is 0.726. The standard InChI is InChI=1S/C12H15N3S/c1-8-11(14-15(2)12(8)13)9-4-6-10(16-3)7-5-9/h4-7H,13H2,1-3H3. The maximum atomic E-state index is 5.89. The van der Waals surface area contributed by atoms with Crippen LogP contribution >= 0.6 is 11.8 Å². The lowest BCUT2D eigenvalue weighted by atomic mass is 10.1. The Hall–Kier alpha value is -1.42. The van der Waals surface area contributed by atoms with Crippen LogP contribution in [0.3, 0.4) is 0 Å². The number of rotatable bonds is 2. The van der Waals surface area contributed by atoms with Crippen LogP contribution in [0.4, 0.5) is 5.82 Å². The van der Waals surface area contributed by atoms with Crippen molar-refractivity contribution in [3.8, 4) is 11.3 Å². The second-order valence-corrected chi connectivity index (χ2v) is 4.59. The maximum Gasteiger partial charge on any atom is 0.124 e. The first-order valence-corrected chi connectivity index (χ1v) is 6.29. The molecule has 1 aromatic heterocycles. The first-order valence-electron chi connectivity index (χ1n) is 5.07. The molecule has 0 saturated heterocycles. The third kappa shape index (κ3) is 1.80. The number of nitrogens with zero attached hydrogens (tertiary/aromatic N) is 2. The van der Waals surface area contributed by atoms with Gasteiger partial charge in [-0.2, -0.15) is 5.10 Å². The van der Waals surface area contributed by atoms with Gasteiger partial charge in [0, 0.05) is 23.1 Å². The molecule has 0 unspecified atom stereocenters. The minimum atomic E-state index is 0.726. The predicted molar refractivity (Wildman–Crippen MR) is 69.6 cm³/mol. The molecule has 0 radical (unpaired) electrons. The first kappa shape index (κ1) is 11.1. The fourth-order valence-electron chi connectivity index (χ4n) is 1.67. The largest absolute Gasteiger partial charge is 0.384 e. The van der Waals surface area contributed by atoms with Gasteiger partial charge in [-0.25, -0.2) is 0 Å². The molecule has 0 aliphatic heterocycles. The minimum absolute atomic E-state index is 0.726. The molecule has 0 bridgehead atoms. The van der Waals surface area contributed by atoms with E-state index >= 15 is 0 Å². The molecule has 0 amide bonds. The van der Waals surface area contributed by atoms with Crippen molar-refractivity contribution >= 4 is 17.6 Å². The highest BCUT2D eigenvalue weighted by Crippen LogP contribution is 2.27. The highest BCUT2D eigenvalue weighted by atomic mass is 32.2. The summed E-state index contributed by atoms with van der Waals surface area (Å²) in [6.45, 7) is 2.00. The van der Waals surface area contributed by atoms with Crippen LogP contribution < -0.4 is 5.73 Å². The SMILES string of the molecule is CSc1ccc(-c2nn(C)c(N)c2C)cc1. The number of aromatic nitrogens is 2. The normalized spacial score (nSPS) is 10.7. The van der Waals surface area contributed by atoms with E-state index in [9.17, 15) is 0 Å². The van der Waals surface area contributed by atoms with Crippen LogP contribution in [0.15, 0.2) is 29.2 Å². The molecule has 0 saturated carbocycles. The molecule has 0 aliphatic rings. The van der Waals surface area contributed by atoms with Gasteiger partial charge in [0.15, 0.2) is 0 Å². The fourth-order valence-corrected chi connectivity index (χ4v) is 2.07. The van der Waals surface area contributed by atoms with E-state index < -0.39 is 0 Å². The van der Waals surface area contributed by atoms with Gasteiger partial charge >= 0.3 is 0 Å². The van der Waals surface area contributed by atoms with E-state index in [1.807, 2.05) is 14.0 Å². The number of nitrogen functional groups attached to an aromatic ring is 1. The zero-order valence-corrected chi connectivity index (χ0v) is 10.5. The predicted octanol–water partition coefficient (Wildman–Crippen LogP) is 2.70. The molecule has 2 N–H and O–H groups in total. The Morgan fingerprint density at radius 3 is 2.31 bits per heavy atom. The summed E-state index contributed by atoms with van der Waals surface area (Å²) in [7, 11) is 1.86. The number of anilines is 1. The maximum absolute atomic E-state index is 5.89. The number of hydrogen-bond donors (Lipinski definition) is 1. The van der Waals surface area contributed by atoms with Crippen molar-refractivity contribution in [2.45, 2.75) is 11.8 Å². The van der Waals surface area contributed by atoms with Gasteiger partial charge < -0.3 is 5.73 Å². The molecule has 0 fully saturated rings. The van der Waals surface area contributed by atoms with Crippen molar-refractivity contribution in [2.24, 2.45) is 7.05 Å². The number of benzene rings is 1. The summed E-state index contributed by atoms with van der Waals surface area (Å²) < 4.78 is 1.72. The van der Waals surface area contributed by atoms with Gasteiger partial charge in [-0.1, -0.05) is 12.1 Å². The van der Waals surface area contributed by atoms with Crippen LogP contribution in [0, 0.1) is 6.92 Å². The van der Waals surface area contributed by atoms with E-state index in [-0.39, 0.29) is 0 Å². The summed E-state index contributed by atoms with van der Waals surface area (Å²) in [5, 5.41) is 4.42. The summed E-state index contributed by atoms with van der Waals surface area (Å²) in [6.07, 6.45) is 2.07. The Kier molecular flexibility index (Phi) is 2.92. The van der Waals surface area contributed by atoms with E-state index in [4.69, 9.17) is 5.73 Å². The molecule has 4 heteroatoms. The summed E-state index contributed by atoms with van der Waals surface area (Å²) in [5.41, 5.74) is 9.01. The molecule has 2 aromatic rings. The third-order valence-corrected chi connectivity index (χ3v) is 3.45. The van der Waals surface area contributed by atoms with E-state index in [1.165, 1.54) is 4.90 Å². The Morgan fingerprint density at radius 2 is 1.88 bits per heavy atom. The average molecular weight is 233 g/mol. The number of hydrogen-bond acceptors (Lipinski definition) is 3. The van der Waals surface area contributed by atoms with Crippen molar-refractivity contribution in [3.63, 3.8) is 0 Å². The molecule has 0 aliphatic carbocycles. The molecule has 84 valence electrons. The van der Waals surface area contributed by atoms with Gasteiger partial charge in [0.05, 0.1) is 5.69 Å². The van der Waals surface area contributed by atoms with Gasteiger partial charge in [0.1, 0.15) is 5.82 Å². The minimum Gasteiger partial charge on any atom is -0.384 e. The zero-order chi connectivity index (χ0) is 11.7. The highest BCUT2D eigenvalue weighted by Gasteiger charge is 2.10. The molecule has 0 atom stereocenters. The van der Waals surface area contributed by atoms with Crippen molar-refractivity contribution in [1.82, 2.24) is 9.78 Å². The quantitative estimate of drug-likeness (QED) is 0.811. The Labute approximate surface area is 99.7 Å². The molecular weight excluding hydrogens is 218 g/mol. The second kappa shape index (κ2) is 4.22. The lowest BCUT2D eigenvalue weighted by Gasteiger charge is -2.00. The average Bonchev–Trinajstić information content (AvgIpc) is 2.57. The van der Waals surface area contributed by atoms with E-state index in [1.54, 1.807) is 16.4 Å². The highest BCUT2D eigenvalue weighted by molar-refractivity contribution is 7.98. The van der Waals surface area contributed by atoms with Gasteiger partial charge in [0.2, 0.25) is 0 Å². The molecule has 16 heavy (non-hydrogen) atoms. The number of nitrogens with two attached hydrogens (primary N) is 1. The van der Waals surface area contributed by atoms with E-state index in [0.717, 1.165) is 22.6 Å². The lowest BCUT2D eigenvalue weighted by molar-refractivity contribution is 0.782. The van der Waals surface area contributed by atoms with Crippen LogP contribution in [-0.2, 0) is 7.05 Å². The Balaban J connectivity index is 2.46. The summed E-state index contributed by atoms with van der Waals surface area (Å²) in [6, 6.07) is 8.37. The third-order valence-electron chi connectivity index (χ3n) is 2.70. The molecule has 1 aromatic carbocycles. The molecule has 0 spiro atoms. The molecule has 1 heterocycles. The van der Waals surface area contributed by atoms with Gasteiger partial charge in [-0.3, -0.25) is 4.68 Å². The van der Waals surface area contributed by atoms with Crippen LogP contribution in [0.2, 0.25) is 0 Å². The number of aryl methyl sites for hydroxylation is 1. The van der Waals surface area contributed by atoms with Crippen LogP contribution in [0.5, 0.6) is 0 Å². The Morgan fingerprint density at radius 1 is 1.25 bits per heavy atom. The molecule has 2 rings (SSSR count). The second-order valence-electron chi connectivity index (χ2n) is 3.71. The summed E-state index contributed by atoms with van der Waals surface area (Å²) >= 11 is 1.73. The van der Waals surface area contributed by atoms with Gasteiger partial charge in [0.25, 0.3) is 0 Å². The topological polar surface area (TPSA) is 43.8 Å². The summed E-state index contributed by atoms with van der Waals surface area (Å²) in [4.78, 5) is 1.25. The molecule has 3 nitrogen and oxygen atoms in total. The molecular formula is C12H15N3S. The lowest BCUT2D eigenvalue weighted by Crippen LogP contribution is -1.97. The van der Waals surface area contributed by atoms with Crippen LogP contribution in [0.1, 0.15) is 5.56 Å². The van der Waals surface area contributed by atoms with E-state index in [2.05, 4.69) is 35.6 Å². The van der Waals surface area contributed by atoms with Crippen molar-refractivity contribution in [3.05, 3.63) is 29.8 Å². The number of thioether (sulfide) groups is 1. The zero-order valence-electron chi connectivity index (χ0n) is 9.69. The van der Waals surface area contributed by atoms with Crippen molar-refractivity contribution in [2.75, 3.05) is 12.0 Å². The van der Waals surface area contributed by atoms with Crippen LogP contribution in [-0.4, -0.2) is 16.0 Å².